The minimum Gasteiger partial charge on any atom is -0.383 e. The number of pyridine rings is 1. The number of thiophene rings is 1. The van der Waals surface area contributed by atoms with E-state index in [0.29, 0.717) is 5.82 Å². The fourth-order valence-electron chi connectivity index (χ4n) is 2.20. The molecule has 6 heteroatoms. The van der Waals surface area contributed by atoms with Crippen LogP contribution in [0.15, 0.2) is 47.4 Å². The quantitative estimate of drug-likeness (QED) is 0.613. The zero-order valence-corrected chi connectivity index (χ0v) is 12.0. The number of nitrogens with zero attached hydrogens (tertiary/aromatic N) is 3. The van der Waals surface area contributed by atoms with Gasteiger partial charge in [-0.15, -0.1) is 22.7 Å². The second-order valence-electron chi connectivity index (χ2n) is 4.30. The van der Waals surface area contributed by atoms with E-state index in [1.807, 2.05) is 34.0 Å². The molecule has 0 aliphatic rings. The maximum Gasteiger partial charge on any atom is 0.196 e. The summed E-state index contributed by atoms with van der Waals surface area (Å²) in [6.45, 7) is 0. The Morgan fingerprint density at radius 1 is 1.10 bits per heavy atom. The Morgan fingerprint density at radius 3 is 2.70 bits per heavy atom. The normalized spacial score (nSPS) is 11.2. The number of imidazole rings is 1. The summed E-state index contributed by atoms with van der Waals surface area (Å²) in [5, 5.41) is 4.11. The number of aromatic nitrogens is 3. The van der Waals surface area contributed by atoms with Crippen molar-refractivity contribution >= 4 is 33.5 Å². The third-order valence-corrected chi connectivity index (χ3v) is 4.83. The average molecular weight is 298 g/mol. The number of thiazole rings is 1. The van der Waals surface area contributed by atoms with E-state index in [1.54, 1.807) is 35.1 Å². The number of rotatable bonds is 2. The molecule has 0 fully saturated rings. The summed E-state index contributed by atoms with van der Waals surface area (Å²) >= 11 is 3.25. The van der Waals surface area contributed by atoms with Gasteiger partial charge in [0.1, 0.15) is 11.5 Å². The molecule has 0 radical (unpaired) electrons. The van der Waals surface area contributed by atoms with Crippen molar-refractivity contribution in [1.29, 1.82) is 0 Å². The SMILES string of the molecule is Nc1c(-c2cccs2)nc2scc(-c3ccncc3)n12. The largest absolute Gasteiger partial charge is 0.383 e. The molecule has 4 nitrogen and oxygen atoms in total. The highest BCUT2D eigenvalue weighted by atomic mass is 32.1. The molecule has 4 aromatic rings. The van der Waals surface area contributed by atoms with Crippen LogP contribution in [0.2, 0.25) is 0 Å². The lowest BCUT2D eigenvalue weighted by molar-refractivity contribution is 1.23. The van der Waals surface area contributed by atoms with Crippen molar-refractivity contribution in [3.05, 3.63) is 47.4 Å². The lowest BCUT2D eigenvalue weighted by Gasteiger charge is -2.01. The Hall–Kier alpha value is -2.18. The van der Waals surface area contributed by atoms with E-state index in [0.717, 1.165) is 26.8 Å². The van der Waals surface area contributed by atoms with Crippen LogP contribution in [0, 0.1) is 0 Å². The zero-order valence-electron chi connectivity index (χ0n) is 10.4. The maximum atomic E-state index is 6.31. The Labute approximate surface area is 123 Å². The molecule has 4 rings (SSSR count). The highest BCUT2D eigenvalue weighted by Crippen LogP contribution is 2.35. The molecule has 0 spiro atoms. The first-order valence-corrected chi connectivity index (χ1v) is 7.80. The summed E-state index contributed by atoms with van der Waals surface area (Å²) < 4.78 is 2.01. The van der Waals surface area contributed by atoms with Crippen molar-refractivity contribution in [2.45, 2.75) is 0 Å². The summed E-state index contributed by atoms with van der Waals surface area (Å²) in [5.74, 6) is 0.690. The van der Waals surface area contributed by atoms with Crippen LogP contribution in [0.1, 0.15) is 0 Å². The van der Waals surface area contributed by atoms with Crippen LogP contribution in [0.25, 0.3) is 26.8 Å². The molecule has 0 aromatic carbocycles. The van der Waals surface area contributed by atoms with Gasteiger partial charge in [-0.3, -0.25) is 9.38 Å². The van der Waals surface area contributed by atoms with Crippen molar-refractivity contribution in [3.63, 3.8) is 0 Å². The molecule has 0 saturated heterocycles. The third kappa shape index (κ3) is 1.65. The minimum absolute atomic E-state index is 0.690. The molecule has 0 atom stereocenters. The fraction of sp³-hybridized carbons (Fsp3) is 0. The van der Waals surface area contributed by atoms with Crippen molar-refractivity contribution in [3.8, 4) is 21.8 Å². The van der Waals surface area contributed by atoms with Crippen LogP contribution in [0.3, 0.4) is 0 Å². The van der Waals surface area contributed by atoms with E-state index in [-0.39, 0.29) is 0 Å². The second-order valence-corrected chi connectivity index (χ2v) is 6.08. The van der Waals surface area contributed by atoms with E-state index >= 15 is 0 Å². The van der Waals surface area contributed by atoms with E-state index in [2.05, 4.69) is 15.3 Å². The lowest BCUT2D eigenvalue weighted by Crippen LogP contribution is -1.94. The molecule has 4 heterocycles. The predicted molar refractivity (Wildman–Crippen MR) is 84.0 cm³/mol. The maximum absolute atomic E-state index is 6.31. The lowest BCUT2D eigenvalue weighted by atomic mass is 10.2. The van der Waals surface area contributed by atoms with E-state index in [1.165, 1.54) is 0 Å². The van der Waals surface area contributed by atoms with Gasteiger partial charge in [-0.05, 0) is 23.6 Å². The Kier molecular flexibility index (Phi) is 2.58. The number of fused-ring (bicyclic) bond motifs is 1. The molecule has 0 aliphatic heterocycles. The standard InChI is InChI=1S/C14H10N4S2/c15-13-12(11-2-1-7-19-11)17-14-18(13)10(8-20-14)9-3-5-16-6-4-9/h1-8H,15H2. The topological polar surface area (TPSA) is 56.2 Å². The Bertz CT molecular complexity index is 860. The van der Waals surface area contributed by atoms with E-state index < -0.39 is 0 Å². The molecule has 98 valence electrons. The molecular formula is C14H10N4S2. The van der Waals surface area contributed by atoms with Crippen LogP contribution >= 0.6 is 22.7 Å². The first-order chi connectivity index (χ1) is 9.84. The summed E-state index contributed by atoms with van der Waals surface area (Å²) in [6, 6.07) is 8.01. The van der Waals surface area contributed by atoms with Crippen molar-refractivity contribution in [1.82, 2.24) is 14.4 Å². The predicted octanol–water partition coefficient (Wildman–Crippen LogP) is 3.77. The Morgan fingerprint density at radius 2 is 1.95 bits per heavy atom. The van der Waals surface area contributed by atoms with Gasteiger partial charge in [0, 0.05) is 23.3 Å². The molecule has 0 bridgehead atoms. The van der Waals surface area contributed by atoms with Gasteiger partial charge in [-0.2, -0.15) is 0 Å². The summed E-state index contributed by atoms with van der Waals surface area (Å²) in [6.07, 6.45) is 3.57. The average Bonchev–Trinajstić information content (AvgIpc) is 3.18. The number of hydrogen-bond donors (Lipinski definition) is 1. The molecule has 0 unspecified atom stereocenters. The fourth-order valence-corrected chi connectivity index (χ4v) is 3.83. The molecule has 4 aromatic heterocycles. The highest BCUT2D eigenvalue weighted by molar-refractivity contribution is 7.15. The summed E-state index contributed by atoms with van der Waals surface area (Å²) in [5.41, 5.74) is 9.32. The van der Waals surface area contributed by atoms with Crippen molar-refractivity contribution in [2.75, 3.05) is 5.73 Å². The minimum atomic E-state index is 0.690. The Balaban J connectivity index is 1.97. The second kappa shape index (κ2) is 4.43. The summed E-state index contributed by atoms with van der Waals surface area (Å²) in [4.78, 5) is 10.7. The van der Waals surface area contributed by atoms with Gasteiger partial charge in [0.05, 0.1) is 10.6 Å². The molecule has 2 N–H and O–H groups in total. The zero-order chi connectivity index (χ0) is 13.5. The van der Waals surface area contributed by atoms with Gasteiger partial charge in [0.15, 0.2) is 4.96 Å². The van der Waals surface area contributed by atoms with Gasteiger partial charge in [0.25, 0.3) is 0 Å². The first kappa shape index (κ1) is 11.6. The number of nitrogens with two attached hydrogens (primary N) is 1. The van der Waals surface area contributed by atoms with Crippen LogP contribution < -0.4 is 5.73 Å². The number of anilines is 1. The van der Waals surface area contributed by atoms with Crippen molar-refractivity contribution in [2.24, 2.45) is 0 Å². The highest BCUT2D eigenvalue weighted by Gasteiger charge is 2.16. The number of nitrogen functional groups attached to an aromatic ring is 1. The monoisotopic (exact) mass is 298 g/mol. The summed E-state index contributed by atoms with van der Waals surface area (Å²) in [7, 11) is 0. The first-order valence-electron chi connectivity index (χ1n) is 6.04. The number of hydrogen-bond acceptors (Lipinski definition) is 5. The van der Waals surface area contributed by atoms with E-state index in [4.69, 9.17) is 5.73 Å². The van der Waals surface area contributed by atoms with Gasteiger partial charge >= 0.3 is 0 Å². The van der Waals surface area contributed by atoms with Crippen LogP contribution in [0.5, 0.6) is 0 Å². The molecule has 20 heavy (non-hydrogen) atoms. The molecular weight excluding hydrogens is 288 g/mol. The molecule has 0 aliphatic carbocycles. The van der Waals surface area contributed by atoms with Crippen LogP contribution in [-0.2, 0) is 0 Å². The molecule has 0 amide bonds. The smallest absolute Gasteiger partial charge is 0.196 e. The third-order valence-electron chi connectivity index (χ3n) is 3.13. The van der Waals surface area contributed by atoms with Gasteiger partial charge in [-0.1, -0.05) is 6.07 Å². The molecule has 0 saturated carbocycles. The van der Waals surface area contributed by atoms with Crippen molar-refractivity contribution < 1.29 is 0 Å². The van der Waals surface area contributed by atoms with Crippen LogP contribution in [-0.4, -0.2) is 14.4 Å². The van der Waals surface area contributed by atoms with Crippen LogP contribution in [0.4, 0.5) is 5.82 Å². The van der Waals surface area contributed by atoms with E-state index in [9.17, 15) is 0 Å². The van der Waals surface area contributed by atoms with Gasteiger partial charge in [0.2, 0.25) is 0 Å². The van der Waals surface area contributed by atoms with Gasteiger partial charge < -0.3 is 5.73 Å². The van der Waals surface area contributed by atoms with Gasteiger partial charge in [-0.25, -0.2) is 4.98 Å².